The number of halogens is 2. The minimum Gasteiger partial charge on any atom is -0.496 e. The summed E-state index contributed by atoms with van der Waals surface area (Å²) >= 11 is 0. The van der Waals surface area contributed by atoms with Crippen LogP contribution in [0.1, 0.15) is 18.1 Å². The van der Waals surface area contributed by atoms with Gasteiger partial charge < -0.3 is 15.0 Å². The molecule has 0 saturated carbocycles. The van der Waals surface area contributed by atoms with Crippen LogP contribution in [0.2, 0.25) is 0 Å². The Morgan fingerprint density at radius 1 is 1.30 bits per heavy atom. The van der Waals surface area contributed by atoms with E-state index in [-0.39, 0.29) is 5.56 Å². The van der Waals surface area contributed by atoms with E-state index in [1.165, 1.54) is 13.2 Å². The number of nitrogens with zero attached hydrogens (tertiary/aromatic N) is 1. The maximum absolute atomic E-state index is 13.7. The van der Waals surface area contributed by atoms with E-state index in [1.54, 1.807) is 12.1 Å². The summed E-state index contributed by atoms with van der Waals surface area (Å²) in [5.74, 6) is -2.29. The van der Waals surface area contributed by atoms with Gasteiger partial charge in [0, 0.05) is 50.8 Å². The molecule has 1 heterocycles. The van der Waals surface area contributed by atoms with Gasteiger partial charge in [-0.25, -0.2) is 8.78 Å². The normalized spacial score (nSPS) is 17.2. The van der Waals surface area contributed by atoms with Crippen molar-refractivity contribution in [2.24, 2.45) is 0 Å². The minimum absolute atomic E-state index is 0.0759. The summed E-state index contributed by atoms with van der Waals surface area (Å²) in [6.45, 7) is 5.58. The van der Waals surface area contributed by atoms with Crippen molar-refractivity contribution in [3.8, 4) is 5.75 Å². The van der Waals surface area contributed by atoms with Crippen LogP contribution in [0.5, 0.6) is 5.75 Å². The highest BCUT2D eigenvalue weighted by atomic mass is 19.3. The van der Waals surface area contributed by atoms with Gasteiger partial charge in [0.15, 0.2) is 0 Å². The molecule has 2 rings (SSSR count). The lowest BCUT2D eigenvalue weighted by Crippen LogP contribution is -2.44. The van der Waals surface area contributed by atoms with Gasteiger partial charge in [0.05, 0.1) is 7.11 Å². The lowest BCUT2D eigenvalue weighted by atomic mass is 9.98. The Kier molecular flexibility index (Phi) is 4.94. The topological polar surface area (TPSA) is 24.5 Å². The largest absolute Gasteiger partial charge is 0.496 e. The molecular weight excluding hydrogens is 262 g/mol. The Labute approximate surface area is 118 Å². The van der Waals surface area contributed by atoms with Gasteiger partial charge in [-0.1, -0.05) is 12.1 Å². The number of rotatable bonds is 5. The zero-order valence-corrected chi connectivity index (χ0v) is 12.1. The SMILES string of the molecule is COc1cccc(C(C)(F)F)c1CCN1CCNCC1. The van der Waals surface area contributed by atoms with Crippen LogP contribution in [-0.4, -0.2) is 44.7 Å². The zero-order chi connectivity index (χ0) is 14.6. The summed E-state index contributed by atoms with van der Waals surface area (Å²) in [4.78, 5) is 2.29. The molecule has 0 amide bonds. The highest BCUT2D eigenvalue weighted by Gasteiger charge is 2.29. The lowest BCUT2D eigenvalue weighted by Gasteiger charge is -2.28. The highest BCUT2D eigenvalue weighted by Crippen LogP contribution is 2.34. The second-order valence-corrected chi connectivity index (χ2v) is 5.22. The molecule has 0 bridgehead atoms. The van der Waals surface area contributed by atoms with Crippen molar-refractivity contribution in [3.05, 3.63) is 29.3 Å². The fourth-order valence-corrected chi connectivity index (χ4v) is 2.63. The number of hydrogen-bond donors (Lipinski definition) is 1. The molecule has 1 aliphatic rings. The van der Waals surface area contributed by atoms with Gasteiger partial charge in [-0.15, -0.1) is 0 Å². The first-order chi connectivity index (χ1) is 9.52. The second kappa shape index (κ2) is 6.50. The Hall–Kier alpha value is -1.20. The molecule has 112 valence electrons. The standard InChI is InChI=1S/C15H22F2N2O/c1-15(16,17)13-4-3-5-14(20-2)12(13)6-9-19-10-7-18-8-11-19/h3-5,18H,6-11H2,1-2H3. The van der Waals surface area contributed by atoms with Crippen LogP contribution in [0.15, 0.2) is 18.2 Å². The summed E-state index contributed by atoms with van der Waals surface area (Å²) in [7, 11) is 1.53. The molecule has 20 heavy (non-hydrogen) atoms. The summed E-state index contributed by atoms with van der Waals surface area (Å²) in [5, 5.41) is 3.28. The quantitative estimate of drug-likeness (QED) is 0.897. The number of ether oxygens (including phenoxy) is 1. The summed E-state index contributed by atoms with van der Waals surface area (Å²) < 4.78 is 32.7. The average Bonchev–Trinajstić information content (AvgIpc) is 2.44. The van der Waals surface area contributed by atoms with Gasteiger partial charge >= 0.3 is 0 Å². The second-order valence-electron chi connectivity index (χ2n) is 5.22. The average molecular weight is 284 g/mol. The highest BCUT2D eigenvalue weighted by molar-refractivity contribution is 5.42. The lowest BCUT2D eigenvalue weighted by molar-refractivity contribution is 0.0161. The predicted octanol–water partition coefficient (Wildman–Crippen LogP) is 2.25. The summed E-state index contributed by atoms with van der Waals surface area (Å²) in [6.07, 6.45) is 0.586. The summed E-state index contributed by atoms with van der Waals surface area (Å²) in [6, 6.07) is 4.87. The van der Waals surface area contributed by atoms with Crippen LogP contribution in [-0.2, 0) is 12.3 Å². The maximum atomic E-state index is 13.7. The van der Waals surface area contributed by atoms with Crippen LogP contribution in [0, 0.1) is 0 Å². The smallest absolute Gasteiger partial charge is 0.270 e. The Morgan fingerprint density at radius 3 is 2.60 bits per heavy atom. The molecule has 0 atom stereocenters. The Morgan fingerprint density at radius 2 is 2.00 bits per heavy atom. The molecule has 0 radical (unpaired) electrons. The molecular formula is C15H22F2N2O. The van der Waals surface area contributed by atoms with E-state index in [4.69, 9.17) is 4.74 Å². The minimum atomic E-state index is -2.84. The predicted molar refractivity (Wildman–Crippen MR) is 75.6 cm³/mol. The van der Waals surface area contributed by atoms with Crippen molar-refractivity contribution in [3.63, 3.8) is 0 Å². The first-order valence-corrected chi connectivity index (χ1v) is 6.99. The molecule has 5 heteroatoms. The molecule has 0 aliphatic carbocycles. The molecule has 3 nitrogen and oxygen atoms in total. The molecule has 0 aromatic heterocycles. The third kappa shape index (κ3) is 3.67. The molecule has 1 aromatic carbocycles. The number of hydrogen-bond acceptors (Lipinski definition) is 3. The van der Waals surface area contributed by atoms with Gasteiger partial charge in [0.25, 0.3) is 5.92 Å². The molecule has 1 aliphatic heterocycles. The number of methoxy groups -OCH3 is 1. The van der Waals surface area contributed by atoms with Gasteiger partial charge in [0.1, 0.15) is 5.75 Å². The van der Waals surface area contributed by atoms with Gasteiger partial charge in [-0.3, -0.25) is 0 Å². The van der Waals surface area contributed by atoms with E-state index in [0.717, 1.165) is 39.6 Å². The first kappa shape index (κ1) is 15.2. The maximum Gasteiger partial charge on any atom is 0.270 e. The van der Waals surface area contributed by atoms with Crippen molar-refractivity contribution >= 4 is 0 Å². The monoisotopic (exact) mass is 284 g/mol. The van der Waals surface area contributed by atoms with Crippen LogP contribution in [0.4, 0.5) is 8.78 Å². The number of alkyl halides is 2. The van der Waals surface area contributed by atoms with Crippen LogP contribution < -0.4 is 10.1 Å². The van der Waals surface area contributed by atoms with Gasteiger partial charge in [-0.05, 0) is 12.5 Å². The van der Waals surface area contributed by atoms with Gasteiger partial charge in [-0.2, -0.15) is 0 Å². The molecule has 1 N–H and O–H groups in total. The summed E-state index contributed by atoms with van der Waals surface area (Å²) in [5.41, 5.74) is 0.702. The Bertz CT molecular complexity index is 440. The van der Waals surface area contributed by atoms with E-state index in [0.29, 0.717) is 17.7 Å². The van der Waals surface area contributed by atoms with Crippen molar-refractivity contribution < 1.29 is 13.5 Å². The van der Waals surface area contributed by atoms with E-state index in [1.807, 2.05) is 0 Å². The fraction of sp³-hybridized carbons (Fsp3) is 0.600. The third-order valence-electron chi connectivity index (χ3n) is 3.71. The molecule has 1 fully saturated rings. The van der Waals surface area contributed by atoms with E-state index in [9.17, 15) is 8.78 Å². The van der Waals surface area contributed by atoms with E-state index >= 15 is 0 Å². The molecule has 1 aromatic rings. The van der Waals surface area contributed by atoms with E-state index in [2.05, 4.69) is 10.2 Å². The number of benzene rings is 1. The molecule has 1 saturated heterocycles. The van der Waals surface area contributed by atoms with Crippen molar-refractivity contribution in [1.82, 2.24) is 10.2 Å². The van der Waals surface area contributed by atoms with Crippen molar-refractivity contribution in [2.75, 3.05) is 39.8 Å². The number of nitrogens with one attached hydrogen (secondary N) is 1. The van der Waals surface area contributed by atoms with Crippen molar-refractivity contribution in [2.45, 2.75) is 19.3 Å². The van der Waals surface area contributed by atoms with Crippen LogP contribution in [0.3, 0.4) is 0 Å². The zero-order valence-electron chi connectivity index (χ0n) is 12.1. The van der Waals surface area contributed by atoms with E-state index < -0.39 is 5.92 Å². The Balaban J connectivity index is 2.15. The van der Waals surface area contributed by atoms with Crippen LogP contribution >= 0.6 is 0 Å². The van der Waals surface area contributed by atoms with Crippen LogP contribution in [0.25, 0.3) is 0 Å². The first-order valence-electron chi connectivity index (χ1n) is 6.99. The van der Waals surface area contributed by atoms with Gasteiger partial charge in [0.2, 0.25) is 0 Å². The molecule has 0 spiro atoms. The number of piperazine rings is 1. The third-order valence-corrected chi connectivity index (χ3v) is 3.71. The van der Waals surface area contributed by atoms with Crippen molar-refractivity contribution in [1.29, 1.82) is 0 Å². The molecule has 0 unspecified atom stereocenters. The fourth-order valence-electron chi connectivity index (χ4n) is 2.63.